The van der Waals surface area contributed by atoms with E-state index in [2.05, 4.69) is 15.5 Å². The molecule has 0 atom stereocenters. The fourth-order valence-corrected chi connectivity index (χ4v) is 2.71. The summed E-state index contributed by atoms with van der Waals surface area (Å²) in [5.74, 6) is 1.76. The van der Waals surface area contributed by atoms with Crippen molar-refractivity contribution in [2.45, 2.75) is 39.0 Å². The molecule has 2 aromatic heterocycles. The Balaban J connectivity index is 1.69. The van der Waals surface area contributed by atoms with Crippen LogP contribution in [0.15, 0.2) is 10.5 Å². The molecule has 1 amide bonds. The average molecular weight is 322 g/mol. The van der Waals surface area contributed by atoms with Crippen LogP contribution in [0.1, 0.15) is 46.6 Å². The number of amides is 1. The number of nitrogens with one attached hydrogen (secondary N) is 2. The number of hydrogen-bond acceptors (Lipinski definition) is 5. The highest BCUT2D eigenvalue weighted by atomic mass is 32.1. The van der Waals surface area contributed by atoms with E-state index < -0.39 is 0 Å². The lowest BCUT2D eigenvalue weighted by Crippen LogP contribution is -2.25. The molecule has 2 aromatic rings. The van der Waals surface area contributed by atoms with Crippen molar-refractivity contribution in [2.24, 2.45) is 0 Å². The predicted molar refractivity (Wildman–Crippen MR) is 81.0 cm³/mol. The van der Waals surface area contributed by atoms with Crippen LogP contribution in [0.2, 0.25) is 0 Å². The number of methoxy groups -OCH3 is 1. The molecule has 2 heterocycles. The zero-order chi connectivity index (χ0) is 15.7. The molecule has 22 heavy (non-hydrogen) atoms. The lowest BCUT2D eigenvalue weighted by atomic mass is 10.2. The minimum Gasteiger partial charge on any atom is -0.463 e. The Hall–Kier alpha value is -1.93. The van der Waals surface area contributed by atoms with E-state index in [1.807, 2.05) is 4.57 Å². The summed E-state index contributed by atoms with van der Waals surface area (Å²) in [4.78, 5) is 12.3. The highest BCUT2D eigenvalue weighted by molar-refractivity contribution is 7.71. The Kier molecular flexibility index (Phi) is 4.12. The first-order chi connectivity index (χ1) is 10.6. The van der Waals surface area contributed by atoms with Crippen molar-refractivity contribution in [3.05, 3.63) is 33.7 Å². The number of carbonyl (C=O) groups is 1. The van der Waals surface area contributed by atoms with Gasteiger partial charge in [0, 0.05) is 13.2 Å². The summed E-state index contributed by atoms with van der Waals surface area (Å²) in [6.45, 7) is 2.43. The minimum atomic E-state index is -0.195. The number of ether oxygens (including phenoxy) is 1. The quantitative estimate of drug-likeness (QED) is 0.797. The fraction of sp³-hybridized carbons (Fsp3) is 0.500. The van der Waals surface area contributed by atoms with Gasteiger partial charge in [0.1, 0.15) is 18.1 Å². The molecule has 2 N–H and O–H groups in total. The Morgan fingerprint density at radius 3 is 3.09 bits per heavy atom. The normalized spacial score (nSPS) is 14.3. The molecule has 7 nitrogen and oxygen atoms in total. The maximum atomic E-state index is 12.3. The maximum absolute atomic E-state index is 12.3. The molecule has 0 bridgehead atoms. The third-order valence-electron chi connectivity index (χ3n) is 3.60. The molecule has 1 aliphatic rings. The number of hydrogen-bond donors (Lipinski definition) is 2. The van der Waals surface area contributed by atoms with Crippen LogP contribution in [-0.4, -0.2) is 27.8 Å². The highest BCUT2D eigenvalue weighted by Crippen LogP contribution is 2.35. The van der Waals surface area contributed by atoms with Gasteiger partial charge in [0.2, 0.25) is 0 Å². The predicted octanol–water partition coefficient (Wildman–Crippen LogP) is 2.25. The first-order valence-corrected chi connectivity index (χ1v) is 7.53. The summed E-state index contributed by atoms with van der Waals surface area (Å²) in [5, 5.41) is 9.83. The number of aromatic amines is 1. The topological polar surface area (TPSA) is 85.1 Å². The van der Waals surface area contributed by atoms with Crippen molar-refractivity contribution >= 4 is 18.1 Å². The van der Waals surface area contributed by atoms with Gasteiger partial charge in [-0.15, -0.1) is 0 Å². The van der Waals surface area contributed by atoms with E-state index in [1.165, 1.54) is 0 Å². The smallest absolute Gasteiger partial charge is 0.255 e. The van der Waals surface area contributed by atoms with Gasteiger partial charge in [0.25, 0.3) is 5.91 Å². The van der Waals surface area contributed by atoms with E-state index in [4.69, 9.17) is 21.4 Å². The van der Waals surface area contributed by atoms with Gasteiger partial charge < -0.3 is 14.5 Å². The molecular weight excluding hydrogens is 304 g/mol. The first-order valence-electron chi connectivity index (χ1n) is 7.12. The monoisotopic (exact) mass is 322 g/mol. The first kappa shape index (κ1) is 15.0. The van der Waals surface area contributed by atoms with E-state index in [1.54, 1.807) is 20.1 Å². The number of H-pyrrole nitrogens is 1. The number of carbonyl (C=O) groups excluding carboxylic acids is 1. The van der Waals surface area contributed by atoms with Gasteiger partial charge in [-0.25, -0.2) is 0 Å². The Labute approximate surface area is 132 Å². The Morgan fingerprint density at radius 1 is 1.64 bits per heavy atom. The third kappa shape index (κ3) is 2.97. The molecule has 0 radical (unpaired) electrons. The van der Waals surface area contributed by atoms with E-state index in [0.717, 1.165) is 18.7 Å². The molecule has 0 aromatic carbocycles. The largest absolute Gasteiger partial charge is 0.463 e. The minimum absolute atomic E-state index is 0.195. The van der Waals surface area contributed by atoms with Gasteiger partial charge in [0.05, 0.1) is 12.1 Å². The molecular formula is C14H18N4O3S. The second-order valence-electron chi connectivity index (χ2n) is 5.34. The van der Waals surface area contributed by atoms with Crippen molar-refractivity contribution in [2.75, 3.05) is 7.11 Å². The summed E-state index contributed by atoms with van der Waals surface area (Å²) in [6.07, 6.45) is 2.21. The summed E-state index contributed by atoms with van der Waals surface area (Å²) < 4.78 is 13.1. The molecule has 3 rings (SSSR count). The number of aryl methyl sites for hydroxylation is 1. The van der Waals surface area contributed by atoms with Crippen LogP contribution >= 0.6 is 12.2 Å². The van der Waals surface area contributed by atoms with Crippen LogP contribution in [0.25, 0.3) is 0 Å². The zero-order valence-corrected chi connectivity index (χ0v) is 13.3. The average Bonchev–Trinajstić information content (AvgIpc) is 3.15. The standard InChI is InChI=1S/C14H18N4O3S/c1-8-11(5-10(21-8)7-20-2)13(19)15-6-12-16-17-14(22)18(12)9-3-4-9/h5,9H,3-4,6-7H2,1-2H3,(H,15,19)(H,17,22). The lowest BCUT2D eigenvalue weighted by Gasteiger charge is -2.06. The van der Waals surface area contributed by atoms with Crippen molar-refractivity contribution in [3.8, 4) is 0 Å². The molecule has 1 saturated carbocycles. The van der Waals surface area contributed by atoms with Crippen LogP contribution < -0.4 is 5.32 Å². The Morgan fingerprint density at radius 2 is 2.41 bits per heavy atom. The molecule has 0 spiro atoms. The summed E-state index contributed by atoms with van der Waals surface area (Å²) >= 11 is 5.22. The molecule has 1 aliphatic carbocycles. The van der Waals surface area contributed by atoms with Crippen molar-refractivity contribution in [1.82, 2.24) is 20.1 Å². The van der Waals surface area contributed by atoms with Gasteiger partial charge in [-0.1, -0.05) is 0 Å². The molecule has 8 heteroatoms. The second-order valence-corrected chi connectivity index (χ2v) is 5.73. The van der Waals surface area contributed by atoms with Gasteiger partial charge in [-0.3, -0.25) is 14.5 Å². The van der Waals surface area contributed by atoms with Gasteiger partial charge in [0.15, 0.2) is 10.6 Å². The van der Waals surface area contributed by atoms with Gasteiger partial charge in [-0.2, -0.15) is 5.10 Å². The van der Waals surface area contributed by atoms with Crippen molar-refractivity contribution in [3.63, 3.8) is 0 Å². The van der Waals surface area contributed by atoms with E-state index >= 15 is 0 Å². The van der Waals surface area contributed by atoms with Crippen LogP contribution in [0.5, 0.6) is 0 Å². The van der Waals surface area contributed by atoms with Crippen LogP contribution in [0, 0.1) is 11.7 Å². The summed E-state index contributed by atoms with van der Waals surface area (Å²) in [7, 11) is 1.58. The molecule has 0 saturated heterocycles. The SMILES string of the molecule is COCc1cc(C(=O)NCc2n[nH]c(=S)n2C2CC2)c(C)o1. The van der Waals surface area contributed by atoms with Crippen LogP contribution in [0.4, 0.5) is 0 Å². The number of furan rings is 1. The molecule has 0 aliphatic heterocycles. The summed E-state index contributed by atoms with van der Waals surface area (Å²) in [6, 6.07) is 2.12. The number of aromatic nitrogens is 3. The van der Waals surface area contributed by atoms with E-state index in [0.29, 0.717) is 41.0 Å². The second kappa shape index (κ2) is 6.05. The number of rotatable bonds is 6. The van der Waals surface area contributed by atoms with Gasteiger partial charge >= 0.3 is 0 Å². The highest BCUT2D eigenvalue weighted by Gasteiger charge is 2.27. The number of nitrogens with zero attached hydrogens (tertiary/aromatic N) is 2. The van der Waals surface area contributed by atoms with E-state index in [9.17, 15) is 4.79 Å². The maximum Gasteiger partial charge on any atom is 0.255 e. The molecule has 1 fully saturated rings. The third-order valence-corrected chi connectivity index (χ3v) is 3.88. The fourth-order valence-electron chi connectivity index (χ4n) is 2.41. The van der Waals surface area contributed by atoms with Crippen molar-refractivity contribution < 1.29 is 13.9 Å². The molecule has 0 unspecified atom stereocenters. The van der Waals surface area contributed by atoms with Crippen LogP contribution in [0.3, 0.4) is 0 Å². The van der Waals surface area contributed by atoms with E-state index in [-0.39, 0.29) is 5.91 Å². The van der Waals surface area contributed by atoms with Crippen molar-refractivity contribution in [1.29, 1.82) is 0 Å². The molecule has 118 valence electrons. The van der Waals surface area contributed by atoms with Crippen LogP contribution in [-0.2, 0) is 17.9 Å². The lowest BCUT2D eigenvalue weighted by molar-refractivity contribution is 0.0948. The van der Waals surface area contributed by atoms with Gasteiger partial charge in [-0.05, 0) is 38.0 Å². The zero-order valence-electron chi connectivity index (χ0n) is 12.5. The Bertz CT molecular complexity index is 742. The summed E-state index contributed by atoms with van der Waals surface area (Å²) in [5.41, 5.74) is 0.513.